The molecule has 0 saturated heterocycles. The Morgan fingerprint density at radius 2 is 2.05 bits per heavy atom. The van der Waals surface area contributed by atoms with Crippen LogP contribution in [-0.2, 0) is 9.53 Å². The van der Waals surface area contributed by atoms with E-state index in [1.54, 1.807) is 18.2 Å². The summed E-state index contributed by atoms with van der Waals surface area (Å²) in [4.78, 5) is 11.4. The maximum atomic E-state index is 12.7. The van der Waals surface area contributed by atoms with E-state index in [4.69, 9.17) is 4.74 Å². The van der Waals surface area contributed by atoms with Gasteiger partial charge in [-0.2, -0.15) is 0 Å². The van der Waals surface area contributed by atoms with Crippen LogP contribution < -0.4 is 5.32 Å². The van der Waals surface area contributed by atoms with E-state index < -0.39 is 0 Å². The highest BCUT2D eigenvalue weighted by molar-refractivity contribution is 5.87. The SMILES string of the molecule is CCCCNCCOC(=O)/C=C/c1ccc(F)cc1. The molecule has 0 aliphatic rings. The van der Waals surface area contributed by atoms with Gasteiger partial charge in [0.1, 0.15) is 12.4 Å². The number of ether oxygens (including phenoxy) is 1. The first kappa shape index (κ1) is 15.4. The highest BCUT2D eigenvalue weighted by Crippen LogP contribution is 2.04. The molecule has 1 aromatic rings. The fourth-order valence-corrected chi connectivity index (χ4v) is 1.44. The van der Waals surface area contributed by atoms with Gasteiger partial charge >= 0.3 is 5.97 Å². The van der Waals surface area contributed by atoms with Gasteiger partial charge in [0, 0.05) is 12.6 Å². The van der Waals surface area contributed by atoms with Crippen molar-refractivity contribution in [1.29, 1.82) is 0 Å². The molecule has 0 bridgehead atoms. The summed E-state index contributed by atoms with van der Waals surface area (Å²) in [7, 11) is 0. The Morgan fingerprint density at radius 1 is 1.32 bits per heavy atom. The second kappa shape index (κ2) is 9.28. The number of nitrogens with one attached hydrogen (secondary N) is 1. The highest BCUT2D eigenvalue weighted by Gasteiger charge is 1.96. The molecule has 3 nitrogen and oxygen atoms in total. The summed E-state index contributed by atoms with van der Waals surface area (Å²) < 4.78 is 17.7. The lowest BCUT2D eigenvalue weighted by atomic mass is 10.2. The van der Waals surface area contributed by atoms with Gasteiger partial charge in [0.15, 0.2) is 0 Å². The zero-order chi connectivity index (χ0) is 13.9. The first-order chi connectivity index (χ1) is 9.22. The second-order valence-electron chi connectivity index (χ2n) is 4.16. The minimum Gasteiger partial charge on any atom is -0.461 e. The average Bonchev–Trinajstić information content (AvgIpc) is 2.42. The van der Waals surface area contributed by atoms with Crippen molar-refractivity contribution in [1.82, 2.24) is 5.32 Å². The topological polar surface area (TPSA) is 38.3 Å². The van der Waals surface area contributed by atoms with Crippen LogP contribution in [-0.4, -0.2) is 25.7 Å². The number of rotatable bonds is 8. The summed E-state index contributed by atoms with van der Waals surface area (Å²) in [6.45, 7) is 4.09. The van der Waals surface area contributed by atoms with Crippen molar-refractivity contribution in [3.05, 3.63) is 41.7 Å². The van der Waals surface area contributed by atoms with Crippen molar-refractivity contribution in [3.8, 4) is 0 Å². The van der Waals surface area contributed by atoms with E-state index in [1.165, 1.54) is 18.2 Å². The van der Waals surface area contributed by atoms with E-state index in [0.29, 0.717) is 13.2 Å². The monoisotopic (exact) mass is 265 g/mol. The minimum atomic E-state index is -0.387. The van der Waals surface area contributed by atoms with Crippen molar-refractivity contribution in [2.45, 2.75) is 19.8 Å². The summed E-state index contributed by atoms with van der Waals surface area (Å²) in [6, 6.07) is 5.90. The third kappa shape index (κ3) is 7.36. The first-order valence-electron chi connectivity index (χ1n) is 6.53. The highest BCUT2D eigenvalue weighted by atomic mass is 19.1. The van der Waals surface area contributed by atoms with Crippen LogP contribution in [0.25, 0.3) is 6.08 Å². The van der Waals surface area contributed by atoms with Crippen molar-refractivity contribution in [2.75, 3.05) is 19.7 Å². The molecule has 0 spiro atoms. The van der Waals surface area contributed by atoms with Gasteiger partial charge in [0.25, 0.3) is 0 Å². The maximum absolute atomic E-state index is 12.7. The number of unbranched alkanes of at least 4 members (excludes halogenated alkanes) is 1. The molecule has 0 amide bonds. The molecule has 1 N–H and O–H groups in total. The third-order valence-electron chi connectivity index (χ3n) is 2.51. The zero-order valence-corrected chi connectivity index (χ0v) is 11.2. The quantitative estimate of drug-likeness (QED) is 0.446. The smallest absolute Gasteiger partial charge is 0.330 e. The lowest BCUT2D eigenvalue weighted by Gasteiger charge is -2.03. The molecule has 0 unspecified atom stereocenters. The van der Waals surface area contributed by atoms with Gasteiger partial charge in [-0.25, -0.2) is 9.18 Å². The van der Waals surface area contributed by atoms with Crippen molar-refractivity contribution in [2.24, 2.45) is 0 Å². The van der Waals surface area contributed by atoms with E-state index in [9.17, 15) is 9.18 Å². The molecule has 1 aromatic carbocycles. The van der Waals surface area contributed by atoms with Gasteiger partial charge in [0.05, 0.1) is 0 Å². The summed E-state index contributed by atoms with van der Waals surface area (Å²) in [5, 5.41) is 3.18. The van der Waals surface area contributed by atoms with Crippen LogP contribution in [0.5, 0.6) is 0 Å². The van der Waals surface area contributed by atoms with E-state index in [0.717, 1.165) is 24.9 Å². The predicted octanol–water partition coefficient (Wildman–Crippen LogP) is 2.77. The van der Waals surface area contributed by atoms with Crippen LogP contribution in [0.15, 0.2) is 30.3 Å². The van der Waals surface area contributed by atoms with Gasteiger partial charge < -0.3 is 10.1 Å². The number of halogens is 1. The predicted molar refractivity (Wildman–Crippen MR) is 74.2 cm³/mol. The van der Waals surface area contributed by atoms with Gasteiger partial charge in [-0.3, -0.25) is 0 Å². The molecule has 0 heterocycles. The summed E-state index contributed by atoms with van der Waals surface area (Å²) in [6.07, 6.45) is 5.22. The zero-order valence-electron chi connectivity index (χ0n) is 11.2. The molecule has 0 aromatic heterocycles. The van der Waals surface area contributed by atoms with E-state index in [2.05, 4.69) is 12.2 Å². The Balaban J connectivity index is 2.18. The molecular weight excluding hydrogens is 245 g/mol. The standard InChI is InChI=1S/C15H20FNO2/c1-2-3-10-17-11-12-19-15(18)9-6-13-4-7-14(16)8-5-13/h4-9,17H,2-3,10-12H2,1H3/b9-6+. The third-order valence-corrected chi connectivity index (χ3v) is 2.51. The van der Waals surface area contributed by atoms with Gasteiger partial charge in [0.2, 0.25) is 0 Å². The van der Waals surface area contributed by atoms with Crippen LogP contribution in [0.2, 0.25) is 0 Å². The molecule has 0 atom stereocenters. The number of benzene rings is 1. The molecule has 4 heteroatoms. The second-order valence-corrected chi connectivity index (χ2v) is 4.16. The maximum Gasteiger partial charge on any atom is 0.330 e. The number of hydrogen-bond donors (Lipinski definition) is 1. The number of hydrogen-bond acceptors (Lipinski definition) is 3. The molecule has 0 aliphatic heterocycles. The average molecular weight is 265 g/mol. The van der Waals surface area contributed by atoms with Crippen LogP contribution in [0, 0.1) is 5.82 Å². The molecule has 0 radical (unpaired) electrons. The Labute approximate surface area is 113 Å². The summed E-state index contributed by atoms with van der Waals surface area (Å²) in [5.74, 6) is -0.681. The van der Waals surface area contributed by atoms with Crippen LogP contribution >= 0.6 is 0 Å². The van der Waals surface area contributed by atoms with Crippen molar-refractivity contribution >= 4 is 12.0 Å². The number of carbonyl (C=O) groups is 1. The molecule has 0 fully saturated rings. The Bertz CT molecular complexity index is 401. The van der Waals surface area contributed by atoms with Gasteiger partial charge in [-0.1, -0.05) is 25.5 Å². The summed E-state index contributed by atoms with van der Waals surface area (Å²) >= 11 is 0. The lowest BCUT2D eigenvalue weighted by molar-refractivity contribution is -0.137. The van der Waals surface area contributed by atoms with Gasteiger partial charge in [-0.05, 0) is 36.7 Å². The number of esters is 1. The molecule has 0 aliphatic carbocycles. The fourth-order valence-electron chi connectivity index (χ4n) is 1.44. The van der Waals surface area contributed by atoms with Crippen LogP contribution in [0.1, 0.15) is 25.3 Å². The van der Waals surface area contributed by atoms with E-state index in [-0.39, 0.29) is 11.8 Å². The first-order valence-corrected chi connectivity index (χ1v) is 6.53. The number of carbonyl (C=O) groups excluding carboxylic acids is 1. The molecule has 0 saturated carbocycles. The molecule has 19 heavy (non-hydrogen) atoms. The normalized spacial score (nSPS) is 10.8. The largest absolute Gasteiger partial charge is 0.461 e. The Hall–Kier alpha value is -1.68. The van der Waals surface area contributed by atoms with Crippen molar-refractivity contribution < 1.29 is 13.9 Å². The van der Waals surface area contributed by atoms with E-state index in [1.807, 2.05) is 0 Å². The Kier molecular flexibility index (Phi) is 7.51. The van der Waals surface area contributed by atoms with Gasteiger partial charge in [-0.15, -0.1) is 0 Å². The van der Waals surface area contributed by atoms with Crippen LogP contribution in [0.4, 0.5) is 4.39 Å². The molecule has 1 rings (SSSR count). The lowest BCUT2D eigenvalue weighted by Crippen LogP contribution is -2.21. The summed E-state index contributed by atoms with van der Waals surface area (Å²) in [5.41, 5.74) is 0.763. The Morgan fingerprint density at radius 3 is 2.74 bits per heavy atom. The molecular formula is C15H20FNO2. The fraction of sp³-hybridized carbons (Fsp3) is 0.400. The minimum absolute atomic E-state index is 0.294. The van der Waals surface area contributed by atoms with Crippen molar-refractivity contribution in [3.63, 3.8) is 0 Å². The molecule has 104 valence electrons. The van der Waals surface area contributed by atoms with Crippen LogP contribution in [0.3, 0.4) is 0 Å². The van der Waals surface area contributed by atoms with E-state index >= 15 is 0 Å².